The first-order valence-electron chi connectivity index (χ1n) is 14.5. The van der Waals surface area contributed by atoms with E-state index >= 15 is 0 Å². The van der Waals surface area contributed by atoms with Crippen molar-refractivity contribution >= 4 is 17.5 Å². The largest absolute Gasteiger partial charge is 0.456 e. The Morgan fingerprint density at radius 3 is 2.20 bits per heavy atom. The van der Waals surface area contributed by atoms with E-state index in [0.717, 1.165) is 5.57 Å². The minimum Gasteiger partial charge on any atom is -0.456 e. The second-order valence-electron chi connectivity index (χ2n) is 15.0. The molecule has 4 N–H and O–H groups in total. The van der Waals surface area contributed by atoms with E-state index in [9.17, 15) is 34.8 Å². The number of carbonyl (C=O) groups excluding carboxylic acids is 3. The summed E-state index contributed by atoms with van der Waals surface area (Å²) in [5, 5.41) is 44.9. The van der Waals surface area contributed by atoms with Crippen LogP contribution in [0.2, 0.25) is 0 Å². The lowest BCUT2D eigenvalue weighted by atomic mass is 9.38. The Balaban J connectivity index is 1.74. The maximum Gasteiger partial charge on any atom is 0.303 e. The molecule has 0 aromatic heterocycles. The molecule has 0 heterocycles. The topological polar surface area (TPSA) is 141 Å². The van der Waals surface area contributed by atoms with Gasteiger partial charge >= 0.3 is 5.97 Å². The number of hydrogen-bond donors (Lipinski definition) is 4. The van der Waals surface area contributed by atoms with Crippen LogP contribution in [0.4, 0.5) is 0 Å². The zero-order valence-electron chi connectivity index (χ0n) is 25.4. The second-order valence-corrected chi connectivity index (χ2v) is 15.0. The van der Waals surface area contributed by atoms with Crippen molar-refractivity contribution in [2.75, 3.05) is 0 Å². The lowest BCUT2D eigenvalue weighted by Crippen LogP contribution is -2.65. The first-order valence-corrected chi connectivity index (χ1v) is 14.5. The molecule has 0 unspecified atom stereocenters. The maximum absolute atomic E-state index is 14.3. The lowest BCUT2D eigenvalue weighted by Gasteiger charge is -2.65. The Kier molecular flexibility index (Phi) is 7.24. The number of carbonyl (C=O) groups is 3. The first-order chi connectivity index (χ1) is 18.1. The summed E-state index contributed by atoms with van der Waals surface area (Å²) in [6.45, 7) is 15.7. The van der Waals surface area contributed by atoms with Gasteiger partial charge in [-0.05, 0) is 74.9 Å². The van der Waals surface area contributed by atoms with Crippen LogP contribution in [-0.4, -0.2) is 67.5 Å². The van der Waals surface area contributed by atoms with Crippen molar-refractivity contribution in [2.45, 2.75) is 118 Å². The average molecular weight is 561 g/mol. The monoisotopic (exact) mass is 560 g/mol. The summed E-state index contributed by atoms with van der Waals surface area (Å²) in [4.78, 5) is 39.2. The fourth-order valence-electron chi connectivity index (χ4n) is 9.55. The highest BCUT2D eigenvalue weighted by molar-refractivity contribution is 5.97. The quantitative estimate of drug-likeness (QED) is 0.228. The molecular formula is C32H48O8. The van der Waals surface area contributed by atoms with Crippen LogP contribution in [0.1, 0.15) is 88.0 Å². The Bertz CT molecular complexity index is 1160. The molecule has 0 aliphatic heterocycles. The summed E-state index contributed by atoms with van der Waals surface area (Å²) in [6.07, 6.45) is 3.10. The fourth-order valence-corrected chi connectivity index (χ4v) is 9.55. The van der Waals surface area contributed by atoms with Crippen molar-refractivity contribution < 1.29 is 39.5 Å². The van der Waals surface area contributed by atoms with Gasteiger partial charge in [-0.25, -0.2) is 0 Å². The Morgan fingerprint density at radius 2 is 1.62 bits per heavy atom. The molecule has 0 aromatic rings. The standard InChI is InChI=1S/C32H48O8/c1-17(33)40-27(2,3)13-12-23(36)32(9,39)25-21(35)15-29(6)22-11-10-18-19(14-20(34)26(38)28(18,4)5)31(22,8)24(37)16-30(25,29)7/h10,12-13,19-22,25-26,34-35,38-39H,11,14-16H2,1-9H3/b13-12-/t19-,20+,21-,22+,25+,26-,29+,30-,31+,32+/m1/s1. The van der Waals surface area contributed by atoms with Crippen LogP contribution in [0.15, 0.2) is 23.8 Å². The highest BCUT2D eigenvalue weighted by atomic mass is 16.6. The molecule has 8 nitrogen and oxygen atoms in total. The molecular weight excluding hydrogens is 512 g/mol. The Hall–Kier alpha value is -1.87. The molecule has 0 radical (unpaired) electrons. The minimum absolute atomic E-state index is 0.00125. The maximum atomic E-state index is 14.3. The number of ketones is 2. The third kappa shape index (κ3) is 4.19. The van der Waals surface area contributed by atoms with Crippen LogP contribution < -0.4 is 0 Å². The summed E-state index contributed by atoms with van der Waals surface area (Å²) in [5.74, 6) is -2.48. The van der Waals surface area contributed by atoms with Gasteiger partial charge in [0.2, 0.25) is 0 Å². The van der Waals surface area contributed by atoms with Crippen molar-refractivity contribution in [3.63, 3.8) is 0 Å². The number of Topliss-reactive ketones (excluding diaryl/α,β-unsaturated/α-hetero) is 1. The number of esters is 1. The van der Waals surface area contributed by atoms with Gasteiger partial charge in [-0.2, -0.15) is 0 Å². The highest BCUT2D eigenvalue weighted by Crippen LogP contribution is 2.74. The molecule has 0 bridgehead atoms. The molecule has 0 spiro atoms. The molecule has 4 aliphatic rings. The van der Waals surface area contributed by atoms with Crippen LogP contribution in [0.3, 0.4) is 0 Å². The van der Waals surface area contributed by atoms with Gasteiger partial charge in [0.1, 0.15) is 17.0 Å². The molecule has 8 heteroatoms. The van der Waals surface area contributed by atoms with Crippen LogP contribution >= 0.6 is 0 Å². The van der Waals surface area contributed by atoms with Gasteiger partial charge in [0.05, 0.1) is 18.3 Å². The zero-order valence-corrected chi connectivity index (χ0v) is 25.4. The zero-order chi connectivity index (χ0) is 30.4. The molecule has 40 heavy (non-hydrogen) atoms. The van der Waals surface area contributed by atoms with Crippen LogP contribution in [-0.2, 0) is 19.1 Å². The number of aliphatic hydroxyl groups is 4. The molecule has 4 rings (SSSR count). The van der Waals surface area contributed by atoms with Crippen molar-refractivity contribution in [3.05, 3.63) is 23.8 Å². The molecule has 0 aromatic carbocycles. The van der Waals surface area contributed by atoms with Gasteiger partial charge in [-0.15, -0.1) is 0 Å². The third-order valence-electron chi connectivity index (χ3n) is 11.8. The van der Waals surface area contributed by atoms with Crippen molar-refractivity contribution in [1.82, 2.24) is 0 Å². The molecule has 3 fully saturated rings. The Labute approximate surface area is 237 Å². The van der Waals surface area contributed by atoms with Crippen LogP contribution in [0, 0.1) is 39.4 Å². The summed E-state index contributed by atoms with van der Waals surface area (Å²) >= 11 is 0. The number of allylic oxidation sites excluding steroid dienone is 1. The van der Waals surface area contributed by atoms with Gasteiger partial charge in [0, 0.05) is 30.1 Å². The van der Waals surface area contributed by atoms with E-state index in [-0.39, 0.29) is 30.5 Å². The van der Waals surface area contributed by atoms with Gasteiger partial charge in [0.25, 0.3) is 0 Å². The van der Waals surface area contributed by atoms with E-state index in [1.165, 1.54) is 26.0 Å². The van der Waals surface area contributed by atoms with Crippen LogP contribution in [0.5, 0.6) is 0 Å². The predicted molar refractivity (Wildman–Crippen MR) is 149 cm³/mol. The van der Waals surface area contributed by atoms with E-state index in [1.807, 2.05) is 27.7 Å². The molecule has 0 amide bonds. The number of rotatable bonds is 5. The number of aliphatic hydroxyl groups excluding tert-OH is 3. The predicted octanol–water partition coefficient (Wildman–Crippen LogP) is 3.29. The average Bonchev–Trinajstić information content (AvgIpc) is 3.01. The van der Waals surface area contributed by atoms with E-state index in [1.54, 1.807) is 13.8 Å². The summed E-state index contributed by atoms with van der Waals surface area (Å²) in [5.41, 5.74) is -5.04. The van der Waals surface area contributed by atoms with E-state index in [2.05, 4.69) is 13.0 Å². The fraction of sp³-hybridized carbons (Fsp3) is 0.781. The Morgan fingerprint density at radius 1 is 1.02 bits per heavy atom. The lowest BCUT2D eigenvalue weighted by molar-refractivity contribution is -0.186. The number of ether oxygens (including phenoxy) is 1. The molecule has 4 aliphatic carbocycles. The molecule has 10 atom stereocenters. The molecule has 3 saturated carbocycles. The van der Waals surface area contributed by atoms with E-state index in [4.69, 9.17) is 4.74 Å². The van der Waals surface area contributed by atoms with Crippen LogP contribution in [0.25, 0.3) is 0 Å². The summed E-state index contributed by atoms with van der Waals surface area (Å²) in [6, 6.07) is 0. The SMILES string of the molecule is CC(=O)OC(C)(C)/C=C\C(=O)[C@](C)(O)[C@H]1[C@H](O)C[C@@]2(C)[C@@H]3CC=C4[C@@H](C[C@H](O)[C@@H](O)C4(C)C)[C@]3(C)C(=O)C[C@]12C. The third-order valence-corrected chi connectivity index (χ3v) is 11.8. The van der Waals surface area contributed by atoms with Crippen molar-refractivity contribution in [2.24, 2.45) is 39.4 Å². The minimum atomic E-state index is -1.98. The van der Waals surface area contributed by atoms with Gasteiger partial charge in [0.15, 0.2) is 5.78 Å². The number of fused-ring (bicyclic) bond motifs is 5. The summed E-state index contributed by atoms with van der Waals surface area (Å²) in [7, 11) is 0. The highest BCUT2D eigenvalue weighted by Gasteiger charge is 2.74. The van der Waals surface area contributed by atoms with Gasteiger partial charge in [-0.3, -0.25) is 14.4 Å². The number of hydrogen-bond acceptors (Lipinski definition) is 8. The van der Waals surface area contributed by atoms with Crippen molar-refractivity contribution in [1.29, 1.82) is 0 Å². The summed E-state index contributed by atoms with van der Waals surface area (Å²) < 4.78 is 5.23. The molecule has 224 valence electrons. The van der Waals surface area contributed by atoms with Gasteiger partial charge in [-0.1, -0.05) is 46.3 Å². The van der Waals surface area contributed by atoms with Gasteiger partial charge < -0.3 is 25.2 Å². The second kappa shape index (κ2) is 9.32. The van der Waals surface area contributed by atoms with E-state index < -0.39 is 68.8 Å². The smallest absolute Gasteiger partial charge is 0.303 e. The molecule has 0 saturated heterocycles. The van der Waals surface area contributed by atoms with E-state index in [0.29, 0.717) is 12.8 Å². The normalized spacial score (nSPS) is 44.2. The van der Waals surface area contributed by atoms with Crippen molar-refractivity contribution in [3.8, 4) is 0 Å². The first kappa shape index (κ1) is 31.1.